The maximum Gasteiger partial charge on any atom is 0.320 e. The first-order valence-electron chi connectivity index (χ1n) is 8.91. The minimum absolute atomic E-state index is 0.0736. The molecule has 1 atom stereocenters. The van der Waals surface area contributed by atoms with E-state index in [9.17, 15) is 10.1 Å². The maximum absolute atomic E-state index is 12.6. The number of rotatable bonds is 2. The van der Waals surface area contributed by atoms with Crippen LogP contribution in [-0.2, 0) is 4.74 Å². The molecule has 0 radical (unpaired) electrons. The number of morpholine rings is 1. The van der Waals surface area contributed by atoms with Crippen molar-refractivity contribution in [2.45, 2.75) is 6.04 Å². The fraction of sp³-hybridized carbons (Fsp3) is 0.556. The van der Waals surface area contributed by atoms with Gasteiger partial charge in [-0.25, -0.2) is 4.79 Å². The third-order valence-electron chi connectivity index (χ3n) is 5.07. The molecule has 1 aromatic rings. The molecule has 1 aromatic carbocycles. The van der Waals surface area contributed by atoms with E-state index in [1.807, 2.05) is 28.0 Å². The molecule has 0 aromatic heterocycles. The molecule has 2 fully saturated rings. The van der Waals surface area contributed by atoms with Gasteiger partial charge in [-0.05, 0) is 17.7 Å². The lowest BCUT2D eigenvalue weighted by atomic mass is 10.0. The number of ether oxygens (including phenoxy) is 3. The van der Waals surface area contributed by atoms with Gasteiger partial charge in [-0.1, -0.05) is 6.07 Å². The van der Waals surface area contributed by atoms with Crippen LogP contribution in [0.2, 0.25) is 0 Å². The van der Waals surface area contributed by atoms with Crippen molar-refractivity contribution in [2.24, 2.45) is 0 Å². The smallest absolute Gasteiger partial charge is 0.320 e. The zero-order chi connectivity index (χ0) is 17.9. The molecule has 0 saturated carbocycles. The van der Waals surface area contributed by atoms with E-state index in [0.717, 1.165) is 5.56 Å². The van der Waals surface area contributed by atoms with E-state index in [-0.39, 0.29) is 18.9 Å². The summed E-state index contributed by atoms with van der Waals surface area (Å²) in [6.07, 6.45) is 0. The number of benzene rings is 1. The van der Waals surface area contributed by atoms with Crippen LogP contribution in [0.4, 0.5) is 4.79 Å². The summed E-state index contributed by atoms with van der Waals surface area (Å²) in [5.41, 5.74) is 0.893. The highest BCUT2D eigenvalue weighted by atomic mass is 16.7. The molecule has 0 N–H and O–H groups in total. The third kappa shape index (κ3) is 3.28. The van der Waals surface area contributed by atoms with Crippen LogP contribution in [0, 0.1) is 11.3 Å². The first-order chi connectivity index (χ1) is 12.8. The Morgan fingerprint density at radius 1 is 1.00 bits per heavy atom. The van der Waals surface area contributed by atoms with Crippen molar-refractivity contribution < 1.29 is 19.0 Å². The molecule has 3 heterocycles. The molecule has 8 heteroatoms. The Morgan fingerprint density at radius 3 is 2.42 bits per heavy atom. The van der Waals surface area contributed by atoms with Gasteiger partial charge in [0.15, 0.2) is 11.5 Å². The molecule has 2 saturated heterocycles. The van der Waals surface area contributed by atoms with Crippen LogP contribution in [-0.4, -0.2) is 80.0 Å². The van der Waals surface area contributed by atoms with Gasteiger partial charge in [-0.2, -0.15) is 5.26 Å². The van der Waals surface area contributed by atoms with Crippen LogP contribution in [0.5, 0.6) is 11.5 Å². The Morgan fingerprint density at radius 2 is 1.69 bits per heavy atom. The van der Waals surface area contributed by atoms with Crippen molar-refractivity contribution >= 4 is 6.03 Å². The van der Waals surface area contributed by atoms with Gasteiger partial charge in [0.2, 0.25) is 6.79 Å². The summed E-state index contributed by atoms with van der Waals surface area (Å²) in [4.78, 5) is 18.4. The molecule has 0 spiro atoms. The van der Waals surface area contributed by atoms with E-state index in [1.54, 1.807) is 0 Å². The van der Waals surface area contributed by atoms with Gasteiger partial charge in [0.1, 0.15) is 6.04 Å². The molecule has 26 heavy (non-hydrogen) atoms. The second-order valence-corrected chi connectivity index (χ2v) is 6.55. The van der Waals surface area contributed by atoms with E-state index in [2.05, 4.69) is 11.0 Å². The van der Waals surface area contributed by atoms with Crippen molar-refractivity contribution in [1.82, 2.24) is 14.7 Å². The van der Waals surface area contributed by atoms with Crippen molar-refractivity contribution in [2.75, 3.05) is 59.3 Å². The minimum atomic E-state index is -0.356. The number of hydrogen-bond acceptors (Lipinski definition) is 6. The Balaban J connectivity index is 1.38. The predicted octanol–water partition coefficient (Wildman–Crippen LogP) is 1.05. The highest BCUT2D eigenvalue weighted by molar-refractivity contribution is 5.74. The SMILES string of the molecule is N#CC(c1ccc2c(c1)OCO2)N1CCN(C(=O)N2CCOCC2)CC1. The fourth-order valence-corrected chi connectivity index (χ4v) is 3.58. The molecule has 4 rings (SSSR count). The lowest BCUT2D eigenvalue weighted by molar-refractivity contribution is 0.0363. The number of nitriles is 1. The summed E-state index contributed by atoms with van der Waals surface area (Å²) >= 11 is 0. The number of nitrogens with zero attached hydrogens (tertiary/aromatic N) is 4. The summed E-state index contributed by atoms with van der Waals surface area (Å²) in [7, 11) is 0. The van der Waals surface area contributed by atoms with Crippen LogP contribution in [0.1, 0.15) is 11.6 Å². The standard InChI is InChI=1S/C18H22N4O4/c19-12-15(14-1-2-16-17(11-14)26-13-25-16)20-3-5-21(6-4-20)18(23)22-7-9-24-10-8-22/h1-2,11,15H,3-10,13H2. The van der Waals surface area contributed by atoms with Gasteiger partial charge in [0.25, 0.3) is 0 Å². The fourth-order valence-electron chi connectivity index (χ4n) is 3.58. The molecule has 138 valence electrons. The summed E-state index contributed by atoms with van der Waals surface area (Å²) in [6.45, 7) is 5.31. The average Bonchev–Trinajstić information content (AvgIpc) is 3.17. The number of hydrogen-bond donors (Lipinski definition) is 0. The van der Waals surface area contributed by atoms with Crippen LogP contribution in [0.3, 0.4) is 0 Å². The van der Waals surface area contributed by atoms with Crippen LogP contribution >= 0.6 is 0 Å². The topological polar surface area (TPSA) is 78.3 Å². The Bertz CT molecular complexity index is 706. The van der Waals surface area contributed by atoms with Crippen molar-refractivity contribution in [3.05, 3.63) is 23.8 Å². The zero-order valence-corrected chi connectivity index (χ0v) is 14.6. The number of carbonyl (C=O) groups excluding carboxylic acids is 1. The van der Waals surface area contributed by atoms with Crippen molar-refractivity contribution in [3.63, 3.8) is 0 Å². The van der Waals surface area contributed by atoms with Crippen LogP contribution in [0.25, 0.3) is 0 Å². The summed E-state index contributed by atoms with van der Waals surface area (Å²) < 4.78 is 16.1. The summed E-state index contributed by atoms with van der Waals surface area (Å²) in [5, 5.41) is 9.69. The number of fused-ring (bicyclic) bond motifs is 1. The van der Waals surface area contributed by atoms with Gasteiger partial charge >= 0.3 is 6.03 Å². The molecule has 2 amide bonds. The lowest BCUT2D eigenvalue weighted by Gasteiger charge is -2.39. The highest BCUT2D eigenvalue weighted by Gasteiger charge is 2.30. The van der Waals surface area contributed by atoms with Gasteiger partial charge in [-0.3, -0.25) is 4.90 Å². The summed E-state index contributed by atoms with van der Waals surface area (Å²) in [6, 6.07) is 7.74. The normalized spacial score (nSPS) is 21.3. The first kappa shape index (κ1) is 16.9. The second-order valence-electron chi connectivity index (χ2n) is 6.55. The minimum Gasteiger partial charge on any atom is -0.454 e. The highest BCUT2D eigenvalue weighted by Crippen LogP contribution is 2.35. The van der Waals surface area contributed by atoms with E-state index >= 15 is 0 Å². The van der Waals surface area contributed by atoms with E-state index in [0.29, 0.717) is 64.0 Å². The predicted molar refractivity (Wildman–Crippen MR) is 91.9 cm³/mol. The van der Waals surface area contributed by atoms with Gasteiger partial charge in [-0.15, -0.1) is 0 Å². The van der Waals surface area contributed by atoms with Gasteiger partial charge in [0.05, 0.1) is 19.3 Å². The lowest BCUT2D eigenvalue weighted by Crippen LogP contribution is -2.55. The number of amides is 2. The maximum atomic E-state index is 12.6. The molecule has 8 nitrogen and oxygen atoms in total. The molecule has 1 unspecified atom stereocenters. The Labute approximate surface area is 152 Å². The number of carbonyl (C=O) groups is 1. The van der Waals surface area contributed by atoms with E-state index < -0.39 is 0 Å². The molecule has 0 bridgehead atoms. The second kappa shape index (κ2) is 7.40. The van der Waals surface area contributed by atoms with Crippen LogP contribution in [0.15, 0.2) is 18.2 Å². The van der Waals surface area contributed by atoms with Crippen LogP contribution < -0.4 is 9.47 Å². The Kier molecular flexibility index (Phi) is 4.82. The van der Waals surface area contributed by atoms with Crippen molar-refractivity contribution in [3.8, 4) is 17.6 Å². The van der Waals surface area contributed by atoms with Crippen molar-refractivity contribution in [1.29, 1.82) is 5.26 Å². The molecule has 3 aliphatic heterocycles. The Hall–Kier alpha value is -2.50. The van der Waals surface area contributed by atoms with Gasteiger partial charge in [0, 0.05) is 39.3 Å². The monoisotopic (exact) mass is 358 g/mol. The molecular weight excluding hydrogens is 336 g/mol. The average molecular weight is 358 g/mol. The number of piperazine rings is 1. The number of urea groups is 1. The van der Waals surface area contributed by atoms with Gasteiger partial charge < -0.3 is 24.0 Å². The summed E-state index contributed by atoms with van der Waals surface area (Å²) in [5.74, 6) is 1.40. The molecule has 3 aliphatic rings. The molecular formula is C18H22N4O4. The quantitative estimate of drug-likeness (QED) is 0.786. The van der Waals surface area contributed by atoms with E-state index in [1.165, 1.54) is 0 Å². The molecule has 0 aliphatic carbocycles. The zero-order valence-electron chi connectivity index (χ0n) is 14.6. The third-order valence-corrected chi connectivity index (χ3v) is 5.07. The van der Waals surface area contributed by atoms with E-state index in [4.69, 9.17) is 14.2 Å². The largest absolute Gasteiger partial charge is 0.454 e. The first-order valence-corrected chi connectivity index (χ1v) is 8.91.